The van der Waals surface area contributed by atoms with Gasteiger partial charge in [0, 0.05) is 5.41 Å². The highest BCUT2D eigenvalue weighted by molar-refractivity contribution is 5.90. The van der Waals surface area contributed by atoms with Crippen LogP contribution in [0.1, 0.15) is 33.2 Å². The monoisotopic (exact) mass is 328 g/mol. The number of carbonyl (C=O) groups excluding carboxylic acids is 2. The minimum Gasteiger partial charge on any atom is -0.492 e. The van der Waals surface area contributed by atoms with Gasteiger partial charge in [-0.25, -0.2) is 0 Å². The summed E-state index contributed by atoms with van der Waals surface area (Å²) in [7, 11) is 2.85. The van der Waals surface area contributed by atoms with Crippen LogP contribution in [0.4, 0.5) is 0 Å². The number of hydrogen-bond donors (Lipinski definition) is 3. The van der Waals surface area contributed by atoms with Gasteiger partial charge in [0.05, 0.1) is 45.2 Å². The van der Waals surface area contributed by atoms with Gasteiger partial charge in [-0.1, -0.05) is 6.92 Å². The molecule has 0 spiro atoms. The molecule has 23 heavy (non-hydrogen) atoms. The van der Waals surface area contributed by atoms with Crippen molar-refractivity contribution in [3.05, 3.63) is 22.8 Å². The van der Waals surface area contributed by atoms with E-state index in [4.69, 9.17) is 24.8 Å². The fourth-order valence-electron chi connectivity index (χ4n) is 1.61. The zero-order valence-corrected chi connectivity index (χ0v) is 13.8. The molecule has 3 N–H and O–H groups in total. The summed E-state index contributed by atoms with van der Waals surface area (Å²) < 4.78 is 10.1. The van der Waals surface area contributed by atoms with E-state index in [1.807, 2.05) is 0 Å². The molecule has 0 bridgehead atoms. The fraction of sp³-hybridized carbons (Fsp3) is 0.500. The van der Waals surface area contributed by atoms with Crippen LogP contribution in [0.2, 0.25) is 0 Å². The first-order valence-electron chi connectivity index (χ1n) is 6.86. The molecular formula is C16H24O7. The molecule has 0 atom stereocenters. The summed E-state index contributed by atoms with van der Waals surface area (Å²) in [6.45, 7) is 2.80. The summed E-state index contributed by atoms with van der Waals surface area (Å²) in [5.41, 5.74) is 0.752. The molecule has 0 amide bonds. The van der Waals surface area contributed by atoms with Gasteiger partial charge in [-0.3, -0.25) is 9.59 Å². The third-order valence-electron chi connectivity index (χ3n) is 3.31. The standard InChI is InChI=1S/C11H12O4.C5H12O3/c1-7-4-8(5-12)10(14-2)11(15-3)9(7)6-13;1-5(2-6,3-7)4-8/h4-6H,1-3H3;6-8H,2-4H2,1H3. The van der Waals surface area contributed by atoms with Crippen molar-refractivity contribution < 1.29 is 34.4 Å². The van der Waals surface area contributed by atoms with Crippen LogP contribution in [0.15, 0.2) is 6.07 Å². The first-order chi connectivity index (χ1) is 10.9. The zero-order chi connectivity index (χ0) is 18.0. The third kappa shape index (κ3) is 5.31. The Kier molecular flexibility index (Phi) is 9.09. The normalized spacial score (nSPS) is 10.4. The van der Waals surface area contributed by atoms with E-state index < -0.39 is 5.41 Å². The topological polar surface area (TPSA) is 113 Å². The van der Waals surface area contributed by atoms with Crippen molar-refractivity contribution in [3.63, 3.8) is 0 Å². The SMILES string of the molecule is CC(CO)(CO)CO.COc1c(C=O)cc(C)c(C=O)c1OC. The average Bonchev–Trinajstić information content (AvgIpc) is 2.60. The maximum atomic E-state index is 10.9. The van der Waals surface area contributed by atoms with Crippen LogP contribution in [-0.2, 0) is 0 Å². The molecule has 0 aliphatic heterocycles. The molecule has 0 aromatic heterocycles. The molecule has 0 fully saturated rings. The summed E-state index contributed by atoms with van der Waals surface area (Å²) in [5.74, 6) is 0.592. The number of aliphatic hydroxyl groups is 3. The number of benzene rings is 1. The minimum atomic E-state index is -0.708. The van der Waals surface area contributed by atoms with E-state index in [1.165, 1.54) is 14.2 Å². The molecule has 7 nitrogen and oxygen atoms in total. The number of methoxy groups -OCH3 is 2. The van der Waals surface area contributed by atoms with Crippen molar-refractivity contribution >= 4 is 12.6 Å². The van der Waals surface area contributed by atoms with Crippen molar-refractivity contribution in [2.24, 2.45) is 5.41 Å². The van der Waals surface area contributed by atoms with E-state index in [2.05, 4.69) is 0 Å². The van der Waals surface area contributed by atoms with Gasteiger partial charge in [-0.15, -0.1) is 0 Å². The Morgan fingerprint density at radius 3 is 1.74 bits per heavy atom. The summed E-state index contributed by atoms with van der Waals surface area (Å²) in [6.07, 6.45) is 1.36. The van der Waals surface area contributed by atoms with Gasteiger partial charge >= 0.3 is 0 Å². The van der Waals surface area contributed by atoms with Gasteiger partial charge in [0.15, 0.2) is 24.1 Å². The van der Waals surface area contributed by atoms with Crippen molar-refractivity contribution in [3.8, 4) is 11.5 Å². The van der Waals surface area contributed by atoms with Gasteiger partial charge < -0.3 is 24.8 Å². The number of ether oxygens (including phenoxy) is 2. The first kappa shape index (κ1) is 21.0. The highest BCUT2D eigenvalue weighted by atomic mass is 16.5. The van der Waals surface area contributed by atoms with Crippen LogP contribution in [0.3, 0.4) is 0 Å². The second-order valence-electron chi connectivity index (χ2n) is 5.28. The molecule has 0 saturated carbocycles. The lowest BCUT2D eigenvalue weighted by atomic mass is 9.95. The van der Waals surface area contributed by atoms with Crippen LogP contribution in [-0.4, -0.2) is 61.9 Å². The van der Waals surface area contributed by atoms with Crippen molar-refractivity contribution in [1.29, 1.82) is 0 Å². The molecule has 0 aliphatic rings. The van der Waals surface area contributed by atoms with Crippen LogP contribution < -0.4 is 9.47 Å². The Morgan fingerprint density at radius 1 is 1.00 bits per heavy atom. The summed E-state index contributed by atoms with van der Waals surface area (Å²) in [4.78, 5) is 21.6. The first-order valence-corrected chi connectivity index (χ1v) is 6.86. The van der Waals surface area contributed by atoms with Crippen molar-refractivity contribution in [2.75, 3.05) is 34.0 Å². The quantitative estimate of drug-likeness (QED) is 0.628. The molecule has 0 saturated heterocycles. The number of carbonyl (C=O) groups is 2. The van der Waals surface area contributed by atoms with Crippen LogP contribution >= 0.6 is 0 Å². The van der Waals surface area contributed by atoms with Crippen molar-refractivity contribution in [1.82, 2.24) is 0 Å². The lowest BCUT2D eigenvalue weighted by molar-refractivity contribution is 0.0200. The Bertz CT molecular complexity index is 513. The van der Waals surface area contributed by atoms with E-state index in [0.717, 1.165) is 0 Å². The maximum Gasteiger partial charge on any atom is 0.172 e. The van der Waals surface area contributed by atoms with E-state index in [9.17, 15) is 9.59 Å². The average molecular weight is 328 g/mol. The Balaban J connectivity index is 0.000000515. The molecule has 1 rings (SSSR count). The summed E-state index contributed by atoms with van der Waals surface area (Å²) in [5, 5.41) is 25.4. The van der Waals surface area contributed by atoms with Gasteiger partial charge in [0.25, 0.3) is 0 Å². The molecule has 7 heteroatoms. The second kappa shape index (κ2) is 9.94. The molecule has 1 aromatic carbocycles. The zero-order valence-electron chi connectivity index (χ0n) is 13.8. The molecule has 130 valence electrons. The minimum absolute atomic E-state index is 0.181. The third-order valence-corrected chi connectivity index (χ3v) is 3.31. The van der Waals surface area contributed by atoms with E-state index in [-0.39, 0.29) is 19.8 Å². The smallest absolute Gasteiger partial charge is 0.172 e. The van der Waals surface area contributed by atoms with Gasteiger partial charge in [-0.05, 0) is 18.6 Å². The molecular weight excluding hydrogens is 304 g/mol. The van der Waals surface area contributed by atoms with Crippen molar-refractivity contribution in [2.45, 2.75) is 13.8 Å². The molecule has 1 aromatic rings. The molecule has 0 radical (unpaired) electrons. The summed E-state index contributed by atoms with van der Waals surface area (Å²) >= 11 is 0. The van der Waals surface area contributed by atoms with Gasteiger partial charge in [0.1, 0.15) is 0 Å². The van der Waals surface area contributed by atoms with E-state index in [1.54, 1.807) is 19.9 Å². The molecule has 0 heterocycles. The maximum absolute atomic E-state index is 10.9. The van der Waals surface area contributed by atoms with E-state index >= 15 is 0 Å². The number of hydrogen-bond acceptors (Lipinski definition) is 7. The summed E-state index contributed by atoms with van der Waals surface area (Å²) in [6, 6.07) is 1.60. The van der Waals surface area contributed by atoms with Crippen LogP contribution in [0.25, 0.3) is 0 Å². The Labute approximate surface area is 135 Å². The predicted octanol–water partition coefficient (Wildman–Crippen LogP) is 0.607. The number of aldehydes is 2. The largest absolute Gasteiger partial charge is 0.492 e. The van der Waals surface area contributed by atoms with Crippen LogP contribution in [0, 0.1) is 12.3 Å². The van der Waals surface area contributed by atoms with Crippen LogP contribution in [0.5, 0.6) is 11.5 Å². The molecule has 0 aliphatic carbocycles. The highest BCUT2D eigenvalue weighted by Crippen LogP contribution is 2.35. The lowest BCUT2D eigenvalue weighted by Gasteiger charge is -2.20. The number of aryl methyl sites for hydroxylation is 1. The Hall–Kier alpha value is -1.96. The van der Waals surface area contributed by atoms with Gasteiger partial charge in [-0.2, -0.15) is 0 Å². The molecule has 0 unspecified atom stereocenters. The second-order valence-corrected chi connectivity index (χ2v) is 5.28. The predicted molar refractivity (Wildman–Crippen MR) is 84.4 cm³/mol. The Morgan fingerprint density at radius 2 is 1.48 bits per heavy atom. The fourth-order valence-corrected chi connectivity index (χ4v) is 1.61. The van der Waals surface area contributed by atoms with E-state index in [0.29, 0.717) is 40.8 Å². The van der Waals surface area contributed by atoms with Gasteiger partial charge in [0.2, 0.25) is 0 Å². The highest BCUT2D eigenvalue weighted by Gasteiger charge is 2.20. The number of aliphatic hydroxyl groups excluding tert-OH is 3. The lowest BCUT2D eigenvalue weighted by Crippen LogP contribution is -2.29. The number of rotatable bonds is 7.